The summed E-state index contributed by atoms with van der Waals surface area (Å²) in [5.74, 6) is 1.47. The number of fused-ring (bicyclic) bond motifs is 3. The second-order valence-corrected chi connectivity index (χ2v) is 8.26. The Morgan fingerprint density at radius 2 is 0.622 bits per heavy atom. The maximum Gasteiger partial charge on any atom is 0.754 e. The van der Waals surface area contributed by atoms with Crippen LogP contribution < -0.4 is 14.7 Å². The zero-order valence-corrected chi connectivity index (χ0v) is 19.7. The van der Waals surface area contributed by atoms with E-state index >= 15 is 0 Å². The van der Waals surface area contributed by atoms with Crippen molar-refractivity contribution in [1.29, 1.82) is 0 Å². The Hall–Kier alpha value is -4.56. The highest BCUT2D eigenvalue weighted by atomic mass is 17.3. The van der Waals surface area contributed by atoms with E-state index in [-0.39, 0.29) is 0 Å². The van der Waals surface area contributed by atoms with Crippen LogP contribution in [0.2, 0.25) is 0 Å². The van der Waals surface area contributed by atoms with Crippen molar-refractivity contribution in [2.45, 2.75) is 0 Å². The fraction of sp³-hybridized carbons (Fsp3) is 0. The summed E-state index contributed by atoms with van der Waals surface area (Å²) in [4.78, 5) is 33.4. The molecule has 6 nitrogen and oxygen atoms in total. The van der Waals surface area contributed by atoms with E-state index in [0.717, 1.165) is 32.3 Å². The Morgan fingerprint density at radius 3 is 0.973 bits per heavy atom. The smallest absolute Gasteiger partial charge is 0.347 e. The summed E-state index contributed by atoms with van der Waals surface area (Å²) in [5.41, 5.74) is 0. The Labute approximate surface area is 213 Å². The minimum Gasteiger partial charge on any atom is -0.347 e. The van der Waals surface area contributed by atoms with E-state index in [9.17, 15) is 0 Å². The van der Waals surface area contributed by atoms with Crippen LogP contribution in [-0.4, -0.2) is 7.32 Å². The lowest BCUT2D eigenvalue weighted by Gasteiger charge is -2.15. The first-order chi connectivity index (χ1) is 18.3. The Bertz CT molecular complexity index is 1460. The van der Waals surface area contributed by atoms with Crippen LogP contribution in [0.4, 0.5) is 0 Å². The minimum absolute atomic E-state index is 0.491. The molecule has 180 valence electrons. The zero-order chi connectivity index (χ0) is 24.9. The summed E-state index contributed by atoms with van der Waals surface area (Å²) in [6.07, 6.45) is 0. The van der Waals surface area contributed by atoms with Gasteiger partial charge in [0.1, 0.15) is 0 Å². The van der Waals surface area contributed by atoms with Gasteiger partial charge in [-0.25, -0.2) is 0 Å². The predicted molar refractivity (Wildman–Crippen MR) is 143 cm³/mol. The Balaban J connectivity index is 1.23. The van der Waals surface area contributed by atoms with Gasteiger partial charge < -0.3 is 14.7 Å². The highest BCUT2D eigenvalue weighted by molar-refractivity contribution is 6.35. The molecule has 6 aromatic rings. The van der Waals surface area contributed by atoms with Crippen LogP contribution in [0, 0.1) is 0 Å². The molecule has 0 bridgehead atoms. The fourth-order valence-corrected chi connectivity index (χ4v) is 4.13. The van der Waals surface area contributed by atoms with Gasteiger partial charge in [-0.2, -0.15) is 14.4 Å². The fourth-order valence-electron chi connectivity index (χ4n) is 4.13. The van der Waals surface area contributed by atoms with Crippen molar-refractivity contribution in [3.63, 3.8) is 0 Å². The molecule has 0 atom stereocenters. The molecule has 0 aliphatic carbocycles. The van der Waals surface area contributed by atoms with E-state index in [1.54, 1.807) is 18.2 Å². The molecule has 0 spiro atoms. The van der Waals surface area contributed by atoms with Crippen molar-refractivity contribution >= 4 is 39.6 Å². The van der Waals surface area contributed by atoms with Crippen LogP contribution in [0.1, 0.15) is 0 Å². The van der Waals surface area contributed by atoms with Gasteiger partial charge >= 0.3 is 7.32 Å². The molecule has 0 amide bonds. The maximum atomic E-state index is 5.62. The van der Waals surface area contributed by atoms with Crippen molar-refractivity contribution in [2.75, 3.05) is 0 Å². The van der Waals surface area contributed by atoms with E-state index in [1.807, 2.05) is 109 Å². The Kier molecular flexibility index (Phi) is 6.55. The summed E-state index contributed by atoms with van der Waals surface area (Å²) < 4.78 is 0. The first-order valence-electron chi connectivity index (χ1n) is 11.8. The second-order valence-electron chi connectivity index (χ2n) is 8.26. The molecule has 0 fully saturated rings. The first kappa shape index (κ1) is 22.9. The normalized spacial score (nSPS) is 11.0. The number of rotatable bonds is 9. The molecule has 37 heavy (non-hydrogen) atoms. The lowest BCUT2D eigenvalue weighted by atomic mass is 10.1. The third-order valence-corrected chi connectivity index (χ3v) is 5.90. The van der Waals surface area contributed by atoms with Gasteiger partial charge in [0.25, 0.3) is 0 Å². The van der Waals surface area contributed by atoms with Crippen molar-refractivity contribution in [1.82, 2.24) is 0 Å². The lowest BCUT2D eigenvalue weighted by Crippen LogP contribution is -2.31. The molecule has 0 saturated heterocycles. The lowest BCUT2D eigenvalue weighted by molar-refractivity contribution is -0.262. The second kappa shape index (κ2) is 10.6. The molecule has 7 heteroatoms. The Morgan fingerprint density at radius 1 is 0.324 bits per heavy atom. The van der Waals surface area contributed by atoms with Crippen molar-refractivity contribution in [3.05, 3.63) is 127 Å². The number of hydrogen-bond donors (Lipinski definition) is 0. The van der Waals surface area contributed by atoms with Crippen molar-refractivity contribution < 1.29 is 29.1 Å². The average molecular weight is 488 g/mol. The standard InChI is InChI=1S/C30H21BO6/c1-4-16-25-22(10-1)13-7-19-28(25)32-35-31(36-33-29-20-8-14-23-11-2-5-17-26(23)29)37-34-30-21-9-15-24-12-3-6-18-27(24)30/h1-21H. The largest absolute Gasteiger partial charge is 0.754 e. The molecule has 0 aromatic heterocycles. The van der Waals surface area contributed by atoms with Crippen LogP contribution in [0.5, 0.6) is 17.2 Å². The number of hydrogen-bond acceptors (Lipinski definition) is 6. The molecule has 6 rings (SSSR count). The van der Waals surface area contributed by atoms with Gasteiger partial charge in [-0.15, -0.1) is 0 Å². The molecule has 6 aromatic carbocycles. The molecule has 0 aliphatic heterocycles. The van der Waals surface area contributed by atoms with Gasteiger partial charge in [0.15, 0.2) is 17.2 Å². The van der Waals surface area contributed by atoms with Crippen LogP contribution in [0.15, 0.2) is 127 Å². The minimum atomic E-state index is -1.49. The van der Waals surface area contributed by atoms with E-state index in [2.05, 4.69) is 0 Å². The van der Waals surface area contributed by atoms with Gasteiger partial charge in [0.2, 0.25) is 0 Å². The summed E-state index contributed by atoms with van der Waals surface area (Å²) >= 11 is 0. The molecule has 0 heterocycles. The SMILES string of the molecule is c1ccc2c(OOB(OOc3cccc4ccccc34)OOc3cccc4ccccc34)cccc2c1. The molecule has 0 N–H and O–H groups in total. The third-order valence-electron chi connectivity index (χ3n) is 5.90. The van der Waals surface area contributed by atoms with Gasteiger partial charge in [0.05, 0.1) is 0 Å². The van der Waals surface area contributed by atoms with Crippen LogP contribution in [0.25, 0.3) is 32.3 Å². The van der Waals surface area contributed by atoms with Crippen LogP contribution in [0.3, 0.4) is 0 Å². The molecule has 0 saturated carbocycles. The summed E-state index contributed by atoms with van der Waals surface area (Å²) in [5, 5.41) is 5.61. The molecule has 0 radical (unpaired) electrons. The highest BCUT2D eigenvalue weighted by Crippen LogP contribution is 2.29. The molecule has 0 unspecified atom stereocenters. The van der Waals surface area contributed by atoms with Gasteiger partial charge in [0, 0.05) is 16.2 Å². The maximum absolute atomic E-state index is 5.62. The van der Waals surface area contributed by atoms with Gasteiger partial charge in [-0.3, -0.25) is 0 Å². The van der Waals surface area contributed by atoms with E-state index in [0.29, 0.717) is 17.2 Å². The molecule has 0 aliphatic rings. The van der Waals surface area contributed by atoms with Crippen LogP contribution >= 0.6 is 0 Å². The van der Waals surface area contributed by atoms with Crippen LogP contribution in [-0.2, 0) is 14.4 Å². The van der Waals surface area contributed by atoms with E-state index in [4.69, 9.17) is 29.1 Å². The molecular formula is C30H21BO6. The zero-order valence-electron chi connectivity index (χ0n) is 19.7. The van der Waals surface area contributed by atoms with E-state index in [1.165, 1.54) is 0 Å². The number of benzene rings is 6. The van der Waals surface area contributed by atoms with Gasteiger partial charge in [-0.1, -0.05) is 109 Å². The summed E-state index contributed by atoms with van der Waals surface area (Å²) in [7, 11) is -1.49. The monoisotopic (exact) mass is 488 g/mol. The molecular weight excluding hydrogens is 467 g/mol. The average Bonchev–Trinajstić information content (AvgIpc) is 2.96. The third kappa shape index (κ3) is 5.05. The topological polar surface area (TPSA) is 55.4 Å². The van der Waals surface area contributed by atoms with E-state index < -0.39 is 7.32 Å². The van der Waals surface area contributed by atoms with Crippen molar-refractivity contribution in [2.24, 2.45) is 0 Å². The quantitative estimate of drug-likeness (QED) is 0.120. The predicted octanol–water partition coefficient (Wildman–Crippen LogP) is 7.46. The van der Waals surface area contributed by atoms with Gasteiger partial charge in [-0.05, 0) is 34.4 Å². The summed E-state index contributed by atoms with van der Waals surface area (Å²) in [6, 6.07) is 40.3. The van der Waals surface area contributed by atoms with Crippen molar-refractivity contribution in [3.8, 4) is 17.2 Å². The summed E-state index contributed by atoms with van der Waals surface area (Å²) in [6.45, 7) is 0. The first-order valence-corrected chi connectivity index (χ1v) is 11.8. The highest BCUT2D eigenvalue weighted by Gasteiger charge is 2.31.